The second-order valence-corrected chi connectivity index (χ2v) is 7.11. The lowest BCUT2D eigenvalue weighted by Gasteiger charge is -2.35. The molecule has 1 saturated carbocycles. The van der Waals surface area contributed by atoms with Crippen LogP contribution >= 0.6 is 23.8 Å². The summed E-state index contributed by atoms with van der Waals surface area (Å²) in [5.41, 5.74) is 5.26. The summed E-state index contributed by atoms with van der Waals surface area (Å²) in [6, 6.07) is 7.24. The lowest BCUT2D eigenvalue weighted by Crippen LogP contribution is -2.53. The predicted molar refractivity (Wildman–Crippen MR) is 99.9 cm³/mol. The van der Waals surface area contributed by atoms with Crippen LogP contribution in [0, 0.1) is 11.8 Å². The van der Waals surface area contributed by atoms with Crippen LogP contribution in [0.3, 0.4) is 0 Å². The van der Waals surface area contributed by atoms with Crippen molar-refractivity contribution < 1.29 is 9.53 Å². The normalized spacial score (nSPS) is 23.2. The molecule has 3 atom stereocenters. The minimum absolute atomic E-state index is 0.118. The Morgan fingerprint density at radius 2 is 2.12 bits per heavy atom. The third-order valence-electron chi connectivity index (χ3n) is 4.50. The lowest BCUT2D eigenvalue weighted by atomic mass is 9.78. The van der Waals surface area contributed by atoms with Crippen molar-refractivity contribution in [3.8, 4) is 5.75 Å². The number of hydrogen-bond donors (Lipinski definition) is 3. The molecule has 1 aliphatic rings. The number of carbonyl (C=O) groups excluding carboxylic acids is 1. The third kappa shape index (κ3) is 5.83. The number of halogens is 1. The molecule has 24 heavy (non-hydrogen) atoms. The van der Waals surface area contributed by atoms with Gasteiger partial charge in [-0.1, -0.05) is 44.4 Å². The molecule has 1 aromatic carbocycles. The molecule has 0 aromatic heterocycles. The highest BCUT2D eigenvalue weighted by molar-refractivity contribution is 7.80. The van der Waals surface area contributed by atoms with E-state index in [0.717, 1.165) is 6.42 Å². The van der Waals surface area contributed by atoms with Crippen molar-refractivity contribution in [1.29, 1.82) is 0 Å². The van der Waals surface area contributed by atoms with Crippen molar-refractivity contribution in [1.82, 2.24) is 16.2 Å². The van der Waals surface area contributed by atoms with Crippen LogP contribution in [-0.4, -0.2) is 23.7 Å². The first-order valence-corrected chi connectivity index (χ1v) is 8.98. The molecule has 1 fully saturated rings. The number of ether oxygens (including phenoxy) is 1. The van der Waals surface area contributed by atoms with Crippen molar-refractivity contribution in [2.45, 2.75) is 39.2 Å². The number of hydrazine groups is 1. The molecule has 0 spiro atoms. The summed E-state index contributed by atoms with van der Waals surface area (Å²) in [7, 11) is 0. The second-order valence-electron chi connectivity index (χ2n) is 6.27. The molecule has 1 amide bonds. The number of amides is 1. The maximum Gasteiger partial charge on any atom is 0.276 e. The summed E-state index contributed by atoms with van der Waals surface area (Å²) in [5.74, 6) is 1.47. The fraction of sp³-hybridized carbons (Fsp3) is 0.529. The van der Waals surface area contributed by atoms with Crippen LogP contribution in [0.2, 0.25) is 5.02 Å². The van der Waals surface area contributed by atoms with Gasteiger partial charge in [-0.2, -0.15) is 0 Å². The van der Waals surface area contributed by atoms with Gasteiger partial charge in [0.05, 0.1) is 0 Å². The van der Waals surface area contributed by atoms with Gasteiger partial charge in [0.2, 0.25) is 0 Å². The van der Waals surface area contributed by atoms with Crippen LogP contribution in [0.25, 0.3) is 0 Å². The zero-order valence-electron chi connectivity index (χ0n) is 14.0. The van der Waals surface area contributed by atoms with Gasteiger partial charge in [0.25, 0.3) is 5.91 Å². The third-order valence-corrected chi connectivity index (χ3v) is 4.96. The van der Waals surface area contributed by atoms with Crippen molar-refractivity contribution >= 4 is 34.8 Å². The molecule has 0 heterocycles. The quantitative estimate of drug-likeness (QED) is 0.562. The van der Waals surface area contributed by atoms with Crippen molar-refractivity contribution in [2.24, 2.45) is 11.8 Å². The maximum absolute atomic E-state index is 11.8. The summed E-state index contributed by atoms with van der Waals surface area (Å²) in [6.45, 7) is 4.39. The molecule has 7 heteroatoms. The van der Waals surface area contributed by atoms with Crippen LogP contribution in [0.5, 0.6) is 5.75 Å². The smallest absolute Gasteiger partial charge is 0.276 e. The number of nitrogens with one attached hydrogen (secondary N) is 3. The molecule has 3 N–H and O–H groups in total. The van der Waals surface area contributed by atoms with Crippen molar-refractivity contribution in [3.05, 3.63) is 29.3 Å². The van der Waals surface area contributed by atoms with E-state index in [-0.39, 0.29) is 12.5 Å². The van der Waals surface area contributed by atoms with Gasteiger partial charge >= 0.3 is 0 Å². The molecule has 0 radical (unpaired) electrons. The second kappa shape index (κ2) is 9.08. The molecular formula is C17H24ClN3O2S. The van der Waals surface area contributed by atoms with Gasteiger partial charge in [-0.15, -0.1) is 0 Å². The lowest BCUT2D eigenvalue weighted by molar-refractivity contribution is -0.123. The Balaban J connectivity index is 1.68. The number of rotatable bonds is 4. The van der Waals surface area contributed by atoms with Gasteiger partial charge in [0, 0.05) is 11.1 Å². The summed E-state index contributed by atoms with van der Waals surface area (Å²) in [6.07, 6.45) is 3.56. The van der Waals surface area contributed by atoms with Crippen LogP contribution < -0.4 is 20.9 Å². The Bertz CT molecular complexity index is 585. The van der Waals surface area contributed by atoms with E-state index in [4.69, 9.17) is 28.6 Å². The molecule has 0 aliphatic heterocycles. The topological polar surface area (TPSA) is 62.4 Å². The first kappa shape index (κ1) is 18.8. The van der Waals surface area contributed by atoms with E-state index in [1.54, 1.807) is 24.3 Å². The average Bonchev–Trinajstić information content (AvgIpc) is 2.55. The highest BCUT2D eigenvalue weighted by atomic mass is 35.5. The van der Waals surface area contributed by atoms with Crippen LogP contribution in [0.1, 0.15) is 33.1 Å². The number of hydrogen-bond acceptors (Lipinski definition) is 3. The fourth-order valence-corrected chi connectivity index (χ4v) is 3.24. The average molecular weight is 370 g/mol. The van der Waals surface area contributed by atoms with E-state index in [9.17, 15) is 4.79 Å². The number of benzene rings is 1. The minimum Gasteiger partial charge on any atom is -0.484 e. The Hall–Kier alpha value is -1.53. The van der Waals surface area contributed by atoms with Crippen LogP contribution in [-0.2, 0) is 4.79 Å². The summed E-state index contributed by atoms with van der Waals surface area (Å²) in [5, 5.41) is 4.27. The fourth-order valence-electron chi connectivity index (χ4n) is 2.86. The zero-order valence-corrected chi connectivity index (χ0v) is 15.5. The van der Waals surface area contributed by atoms with E-state index < -0.39 is 0 Å². The van der Waals surface area contributed by atoms with Gasteiger partial charge in [0.15, 0.2) is 11.7 Å². The molecular weight excluding hydrogens is 346 g/mol. The molecule has 1 aliphatic carbocycles. The zero-order chi connectivity index (χ0) is 17.5. The predicted octanol–water partition coefficient (Wildman–Crippen LogP) is 3.04. The van der Waals surface area contributed by atoms with E-state index in [1.807, 2.05) is 0 Å². The molecule has 132 valence electrons. The maximum atomic E-state index is 11.8. The number of thiocarbonyl (C=S) groups is 1. The molecule has 5 nitrogen and oxygen atoms in total. The molecule has 2 rings (SSSR count). The van der Waals surface area contributed by atoms with Crippen molar-refractivity contribution in [2.75, 3.05) is 6.61 Å². The van der Waals surface area contributed by atoms with E-state index in [2.05, 4.69) is 30.0 Å². The van der Waals surface area contributed by atoms with Gasteiger partial charge in [-0.05, 0) is 48.7 Å². The summed E-state index contributed by atoms with van der Waals surface area (Å²) < 4.78 is 5.36. The monoisotopic (exact) mass is 369 g/mol. The molecule has 0 saturated heterocycles. The summed E-state index contributed by atoms with van der Waals surface area (Å²) in [4.78, 5) is 11.8. The molecule has 0 bridgehead atoms. The van der Waals surface area contributed by atoms with E-state index in [1.165, 1.54) is 12.8 Å². The Morgan fingerprint density at radius 1 is 1.33 bits per heavy atom. The highest BCUT2D eigenvalue weighted by Crippen LogP contribution is 2.29. The van der Waals surface area contributed by atoms with Crippen molar-refractivity contribution in [3.63, 3.8) is 0 Å². The standard InChI is InChI=1S/C17H24ClN3O2S/c1-11-5-3-8-15(12(11)2)19-17(24)21-20-16(22)10-23-14-7-4-6-13(18)9-14/h4,6-7,9,11-12,15H,3,5,8,10H2,1-2H3,(H,20,22)(H2,19,21,24)/t11-,12+,15-/m0/s1. The first-order chi connectivity index (χ1) is 11.5. The molecule has 1 aromatic rings. The van der Waals surface area contributed by atoms with Gasteiger partial charge in [-0.25, -0.2) is 0 Å². The van der Waals surface area contributed by atoms with Gasteiger partial charge in [-0.3, -0.25) is 15.6 Å². The van der Waals surface area contributed by atoms with Crippen LogP contribution in [0.4, 0.5) is 0 Å². The Kier molecular flexibility index (Phi) is 7.12. The number of carbonyl (C=O) groups is 1. The van der Waals surface area contributed by atoms with Gasteiger partial charge in [0.1, 0.15) is 5.75 Å². The Labute approximate surface area is 153 Å². The van der Waals surface area contributed by atoms with E-state index >= 15 is 0 Å². The molecule has 0 unspecified atom stereocenters. The first-order valence-electron chi connectivity index (χ1n) is 8.19. The highest BCUT2D eigenvalue weighted by Gasteiger charge is 2.27. The SMILES string of the molecule is C[C@H]1[C@@H](NC(=S)NNC(=O)COc2cccc(Cl)c2)CCC[C@@H]1C. The Morgan fingerprint density at radius 3 is 2.88 bits per heavy atom. The van der Waals surface area contributed by atoms with Crippen LogP contribution in [0.15, 0.2) is 24.3 Å². The minimum atomic E-state index is -0.316. The van der Waals surface area contributed by atoms with E-state index in [0.29, 0.717) is 33.8 Å². The van der Waals surface area contributed by atoms with Gasteiger partial charge < -0.3 is 10.1 Å². The largest absolute Gasteiger partial charge is 0.484 e. The summed E-state index contributed by atoms with van der Waals surface area (Å²) >= 11 is 11.1.